The van der Waals surface area contributed by atoms with Gasteiger partial charge in [-0.2, -0.15) is 0 Å². The summed E-state index contributed by atoms with van der Waals surface area (Å²) in [4.78, 5) is 13.2. The van der Waals surface area contributed by atoms with Crippen LogP contribution in [0.4, 0.5) is 4.39 Å². The van der Waals surface area contributed by atoms with E-state index in [0.717, 1.165) is 6.20 Å². The highest BCUT2D eigenvalue weighted by Gasteiger charge is 2.09. The molecule has 0 aliphatic carbocycles. The summed E-state index contributed by atoms with van der Waals surface area (Å²) >= 11 is 3.00. The molecular weight excluding hydrogens is 213 g/mol. The number of halogens is 2. The molecule has 0 fully saturated rings. The fourth-order valence-electron chi connectivity index (χ4n) is 0.683. The molecule has 0 N–H and O–H groups in total. The Labute approximate surface area is 71.6 Å². The molecule has 0 bridgehead atoms. The molecule has 11 heavy (non-hydrogen) atoms. The third kappa shape index (κ3) is 1.83. The highest BCUT2D eigenvalue weighted by Crippen LogP contribution is 2.21. The maximum absolute atomic E-state index is 12.8. The van der Waals surface area contributed by atoms with Gasteiger partial charge in [-0.3, -0.25) is 4.98 Å². The van der Waals surface area contributed by atoms with Gasteiger partial charge in [-0.1, -0.05) is 15.9 Å². The predicted octanol–water partition coefficient (Wildman–Crippen LogP) is 1.86. The Bertz CT molecular complexity index is 266. The summed E-state index contributed by atoms with van der Waals surface area (Å²) in [5.74, 6) is -0.471. The molecule has 1 aromatic rings. The van der Waals surface area contributed by atoms with Gasteiger partial charge in [0.25, 0.3) is 0 Å². The Morgan fingerprint density at radius 3 is 3.00 bits per heavy atom. The number of carbonyl (C=O) groups excluding carboxylic acids is 1. The van der Waals surface area contributed by atoms with Gasteiger partial charge in [0.05, 0.1) is 11.0 Å². The Morgan fingerprint density at radius 1 is 1.73 bits per heavy atom. The van der Waals surface area contributed by atoms with E-state index in [1.807, 2.05) is 0 Å². The zero-order valence-electron chi connectivity index (χ0n) is 5.50. The Kier molecular flexibility index (Phi) is 2.70. The summed E-state index contributed by atoms with van der Waals surface area (Å²) in [5.41, 5.74) is 0.315. The van der Waals surface area contributed by atoms with Gasteiger partial charge in [0, 0.05) is 11.8 Å². The number of hydrogen-bond donors (Lipinski definition) is 0. The van der Waals surface area contributed by atoms with E-state index in [-0.39, 0.29) is 0 Å². The zero-order chi connectivity index (χ0) is 8.27. The number of aromatic nitrogens is 1. The van der Waals surface area contributed by atoms with E-state index in [4.69, 9.17) is 0 Å². The van der Waals surface area contributed by atoms with E-state index in [1.165, 1.54) is 12.3 Å². The number of hydrogen-bond acceptors (Lipinski definition) is 2. The minimum Gasteiger partial charge on any atom is -0.302 e. The summed E-state index contributed by atoms with van der Waals surface area (Å²) in [6.45, 7) is 0. The lowest BCUT2D eigenvalue weighted by Crippen LogP contribution is -1.95. The van der Waals surface area contributed by atoms with Crippen LogP contribution in [0, 0.1) is 5.82 Å². The molecule has 1 rings (SSSR count). The van der Waals surface area contributed by atoms with E-state index in [0.29, 0.717) is 11.8 Å². The highest BCUT2D eigenvalue weighted by atomic mass is 79.9. The summed E-state index contributed by atoms with van der Waals surface area (Å²) in [6.07, 6.45) is 3.14. The molecule has 0 aliphatic rings. The Balaban J connectivity index is 3.02. The minimum atomic E-state index is -0.578. The second-order valence-corrected chi connectivity index (χ2v) is 2.92. The van der Waals surface area contributed by atoms with Gasteiger partial charge >= 0.3 is 0 Å². The van der Waals surface area contributed by atoms with E-state index in [1.54, 1.807) is 0 Å². The average molecular weight is 218 g/mol. The van der Waals surface area contributed by atoms with Crippen LogP contribution in [-0.2, 0) is 4.79 Å². The van der Waals surface area contributed by atoms with E-state index in [2.05, 4.69) is 20.9 Å². The molecule has 2 nitrogen and oxygen atoms in total. The van der Waals surface area contributed by atoms with Crippen LogP contribution in [0.2, 0.25) is 0 Å². The number of carbonyl (C=O) groups is 1. The van der Waals surface area contributed by atoms with Gasteiger partial charge in [0.1, 0.15) is 12.1 Å². The first kappa shape index (κ1) is 8.33. The predicted molar refractivity (Wildman–Crippen MR) is 41.9 cm³/mol. The largest absolute Gasteiger partial charge is 0.302 e. The third-order valence-corrected chi connectivity index (χ3v) is 1.93. The van der Waals surface area contributed by atoms with Crippen molar-refractivity contribution in [2.75, 3.05) is 0 Å². The molecule has 1 heterocycles. The molecule has 58 valence electrons. The van der Waals surface area contributed by atoms with Crippen LogP contribution in [-0.4, -0.2) is 11.3 Å². The van der Waals surface area contributed by atoms with Crippen LogP contribution in [0.3, 0.4) is 0 Å². The number of pyridine rings is 1. The van der Waals surface area contributed by atoms with E-state index < -0.39 is 10.6 Å². The first-order valence-electron chi connectivity index (χ1n) is 2.94. The second kappa shape index (κ2) is 3.57. The fraction of sp³-hybridized carbons (Fsp3) is 0.143. The Hall–Kier alpha value is -0.770. The maximum Gasteiger partial charge on any atom is 0.146 e. The highest BCUT2D eigenvalue weighted by molar-refractivity contribution is 9.09. The second-order valence-electron chi connectivity index (χ2n) is 1.94. The number of aldehydes is 1. The lowest BCUT2D eigenvalue weighted by Gasteiger charge is -2.01. The molecule has 0 radical (unpaired) electrons. The van der Waals surface area contributed by atoms with Crippen LogP contribution in [0.1, 0.15) is 10.4 Å². The summed E-state index contributed by atoms with van der Waals surface area (Å²) in [7, 11) is 0. The third-order valence-electron chi connectivity index (χ3n) is 1.22. The van der Waals surface area contributed by atoms with E-state index >= 15 is 0 Å². The normalized spacial score (nSPS) is 12.5. The van der Waals surface area contributed by atoms with Crippen molar-refractivity contribution in [3.8, 4) is 0 Å². The van der Waals surface area contributed by atoms with Gasteiger partial charge in [-0.15, -0.1) is 0 Å². The van der Waals surface area contributed by atoms with Crippen molar-refractivity contribution >= 4 is 22.2 Å². The van der Waals surface area contributed by atoms with E-state index in [9.17, 15) is 9.18 Å². The van der Waals surface area contributed by atoms with Gasteiger partial charge in [0.15, 0.2) is 0 Å². The summed E-state index contributed by atoms with van der Waals surface area (Å²) < 4.78 is 12.8. The van der Waals surface area contributed by atoms with Gasteiger partial charge < -0.3 is 4.79 Å². The maximum atomic E-state index is 12.8. The summed E-state index contributed by atoms with van der Waals surface area (Å²) in [6, 6.07) is 1.46. The number of alkyl halides is 1. The molecular formula is C7H5BrFNO. The number of rotatable bonds is 2. The molecule has 0 aliphatic heterocycles. The lowest BCUT2D eigenvalue weighted by molar-refractivity contribution is -0.107. The molecule has 1 unspecified atom stereocenters. The van der Waals surface area contributed by atoms with Crippen LogP contribution in [0.25, 0.3) is 0 Å². The molecule has 1 aromatic heterocycles. The first-order chi connectivity index (χ1) is 5.25. The standard InChI is InChI=1S/C7H5BrFNO/c8-6(4-11)5-1-2-10-3-7(5)9/h1-4,6H. The SMILES string of the molecule is O=CC(Br)c1ccncc1F. The van der Waals surface area contributed by atoms with Crippen molar-refractivity contribution < 1.29 is 9.18 Å². The molecule has 0 saturated carbocycles. The smallest absolute Gasteiger partial charge is 0.146 e. The van der Waals surface area contributed by atoms with Crippen molar-refractivity contribution in [2.24, 2.45) is 0 Å². The quantitative estimate of drug-likeness (QED) is 0.560. The molecule has 0 aromatic carbocycles. The zero-order valence-corrected chi connectivity index (χ0v) is 7.08. The summed E-state index contributed by atoms with van der Waals surface area (Å²) in [5, 5.41) is 0. The molecule has 0 spiro atoms. The fourth-order valence-corrected chi connectivity index (χ4v) is 1.05. The molecule has 0 amide bonds. The van der Waals surface area contributed by atoms with Crippen molar-refractivity contribution in [1.29, 1.82) is 0 Å². The molecule has 1 atom stereocenters. The monoisotopic (exact) mass is 217 g/mol. The topological polar surface area (TPSA) is 30.0 Å². The molecule has 0 saturated heterocycles. The lowest BCUT2D eigenvalue weighted by atomic mass is 10.2. The van der Waals surface area contributed by atoms with Crippen molar-refractivity contribution in [3.05, 3.63) is 29.8 Å². The van der Waals surface area contributed by atoms with Crippen LogP contribution in [0.5, 0.6) is 0 Å². The van der Waals surface area contributed by atoms with Gasteiger partial charge in [0.2, 0.25) is 0 Å². The minimum absolute atomic E-state index is 0.315. The average Bonchev–Trinajstić information content (AvgIpc) is 2.04. The van der Waals surface area contributed by atoms with Crippen LogP contribution in [0.15, 0.2) is 18.5 Å². The van der Waals surface area contributed by atoms with Crippen LogP contribution >= 0.6 is 15.9 Å². The molecule has 4 heteroatoms. The van der Waals surface area contributed by atoms with Crippen molar-refractivity contribution in [1.82, 2.24) is 4.98 Å². The Morgan fingerprint density at radius 2 is 2.45 bits per heavy atom. The first-order valence-corrected chi connectivity index (χ1v) is 3.86. The van der Waals surface area contributed by atoms with Gasteiger partial charge in [-0.25, -0.2) is 4.39 Å². The van der Waals surface area contributed by atoms with Gasteiger partial charge in [-0.05, 0) is 6.07 Å². The number of nitrogens with zero attached hydrogens (tertiary/aromatic N) is 1. The van der Waals surface area contributed by atoms with Crippen molar-refractivity contribution in [3.63, 3.8) is 0 Å². The van der Waals surface area contributed by atoms with Crippen LogP contribution < -0.4 is 0 Å². The van der Waals surface area contributed by atoms with Crippen molar-refractivity contribution in [2.45, 2.75) is 4.83 Å².